The van der Waals surface area contributed by atoms with E-state index in [1.165, 1.54) is 25.0 Å². The van der Waals surface area contributed by atoms with Gasteiger partial charge in [0.2, 0.25) is 0 Å². The molecule has 1 saturated carbocycles. The summed E-state index contributed by atoms with van der Waals surface area (Å²) in [6.45, 7) is 2.42. The van der Waals surface area contributed by atoms with E-state index in [1.54, 1.807) is 13.0 Å². The van der Waals surface area contributed by atoms with Crippen LogP contribution in [0.1, 0.15) is 35.2 Å². The molecule has 2 unspecified atom stereocenters. The smallest absolute Gasteiger partial charge is 0.270 e. The maximum atomic E-state index is 12.2. The summed E-state index contributed by atoms with van der Waals surface area (Å²) in [5.41, 5.74) is 1.09. The van der Waals surface area contributed by atoms with Crippen molar-refractivity contribution in [1.82, 2.24) is 5.32 Å². The lowest BCUT2D eigenvalue weighted by atomic mass is 9.98. The molecule has 0 aliphatic heterocycles. The molecule has 0 aromatic heterocycles. The number of nitro benzene ring substituents is 1. The van der Waals surface area contributed by atoms with Gasteiger partial charge < -0.3 is 5.32 Å². The van der Waals surface area contributed by atoms with E-state index in [-0.39, 0.29) is 11.6 Å². The van der Waals surface area contributed by atoms with Gasteiger partial charge in [-0.25, -0.2) is 0 Å². The number of hydrogen-bond acceptors (Lipinski definition) is 3. The van der Waals surface area contributed by atoms with Crippen LogP contribution in [-0.4, -0.2) is 22.7 Å². The minimum Gasteiger partial charge on any atom is -0.352 e. The van der Waals surface area contributed by atoms with Crippen molar-refractivity contribution in [1.29, 1.82) is 0 Å². The molecule has 2 atom stereocenters. The van der Waals surface area contributed by atoms with E-state index in [1.807, 2.05) is 0 Å². The van der Waals surface area contributed by atoms with Crippen LogP contribution in [0.3, 0.4) is 0 Å². The van der Waals surface area contributed by atoms with E-state index in [0.29, 0.717) is 23.9 Å². The summed E-state index contributed by atoms with van der Waals surface area (Å²) in [4.78, 5) is 22.6. The molecular formula is C15H19BrN2O3. The SMILES string of the molecule is Cc1ccc([N+](=O)[O-])cc1C(=O)NCC1CCCC1CBr. The molecule has 21 heavy (non-hydrogen) atoms. The van der Waals surface area contributed by atoms with Crippen molar-refractivity contribution in [2.75, 3.05) is 11.9 Å². The molecule has 1 aliphatic carbocycles. The zero-order valence-electron chi connectivity index (χ0n) is 12.0. The van der Waals surface area contributed by atoms with Crippen LogP contribution < -0.4 is 5.32 Å². The largest absolute Gasteiger partial charge is 0.352 e. The topological polar surface area (TPSA) is 72.2 Å². The average Bonchev–Trinajstić information content (AvgIpc) is 2.92. The van der Waals surface area contributed by atoms with Crippen molar-refractivity contribution in [3.8, 4) is 0 Å². The van der Waals surface area contributed by atoms with Crippen molar-refractivity contribution in [2.24, 2.45) is 11.8 Å². The number of non-ortho nitro benzene ring substituents is 1. The van der Waals surface area contributed by atoms with Gasteiger partial charge in [-0.15, -0.1) is 0 Å². The monoisotopic (exact) mass is 354 g/mol. The highest BCUT2D eigenvalue weighted by Gasteiger charge is 2.26. The summed E-state index contributed by atoms with van der Waals surface area (Å²) in [6.07, 6.45) is 3.53. The van der Waals surface area contributed by atoms with Crippen LogP contribution in [0.2, 0.25) is 0 Å². The Morgan fingerprint density at radius 2 is 2.14 bits per heavy atom. The Morgan fingerprint density at radius 1 is 1.43 bits per heavy atom. The average molecular weight is 355 g/mol. The Kier molecular flexibility index (Phi) is 5.33. The van der Waals surface area contributed by atoms with Gasteiger partial charge in [-0.3, -0.25) is 14.9 Å². The lowest BCUT2D eigenvalue weighted by molar-refractivity contribution is -0.384. The van der Waals surface area contributed by atoms with Crippen LogP contribution in [0.5, 0.6) is 0 Å². The maximum Gasteiger partial charge on any atom is 0.270 e. The van der Waals surface area contributed by atoms with Crippen molar-refractivity contribution < 1.29 is 9.72 Å². The molecule has 1 fully saturated rings. The summed E-state index contributed by atoms with van der Waals surface area (Å²) in [6, 6.07) is 4.38. The van der Waals surface area contributed by atoms with Gasteiger partial charge in [-0.1, -0.05) is 28.4 Å². The Morgan fingerprint density at radius 3 is 2.81 bits per heavy atom. The third-order valence-electron chi connectivity index (χ3n) is 4.22. The number of nitrogens with one attached hydrogen (secondary N) is 1. The van der Waals surface area contributed by atoms with Gasteiger partial charge in [0.15, 0.2) is 0 Å². The Balaban J connectivity index is 2.03. The number of alkyl halides is 1. The number of nitro groups is 1. The van der Waals surface area contributed by atoms with E-state index in [0.717, 1.165) is 17.3 Å². The quantitative estimate of drug-likeness (QED) is 0.500. The summed E-state index contributed by atoms with van der Waals surface area (Å²) >= 11 is 3.52. The number of benzene rings is 1. The van der Waals surface area contributed by atoms with Gasteiger partial charge in [0.25, 0.3) is 11.6 Å². The highest BCUT2D eigenvalue weighted by Crippen LogP contribution is 2.32. The molecular weight excluding hydrogens is 336 g/mol. The Hall–Kier alpha value is -1.43. The first-order chi connectivity index (χ1) is 10.0. The van der Waals surface area contributed by atoms with E-state index in [2.05, 4.69) is 21.2 Å². The lowest BCUT2D eigenvalue weighted by Gasteiger charge is -2.18. The van der Waals surface area contributed by atoms with Crippen LogP contribution in [0.15, 0.2) is 18.2 Å². The molecule has 0 bridgehead atoms. The molecule has 5 nitrogen and oxygen atoms in total. The molecule has 114 valence electrons. The number of hydrogen-bond donors (Lipinski definition) is 1. The van der Waals surface area contributed by atoms with Gasteiger partial charge in [0.05, 0.1) is 4.92 Å². The van der Waals surface area contributed by atoms with Crippen molar-refractivity contribution in [2.45, 2.75) is 26.2 Å². The standard InChI is InChI=1S/C15H19BrN2O3/c1-10-5-6-13(18(20)21)7-14(10)15(19)17-9-12-4-2-3-11(12)8-16/h5-7,11-12H,2-4,8-9H2,1H3,(H,17,19). The normalized spacial score (nSPS) is 21.2. The third kappa shape index (κ3) is 3.81. The number of amides is 1. The molecule has 2 rings (SSSR count). The fourth-order valence-corrected chi connectivity index (χ4v) is 3.73. The van der Waals surface area contributed by atoms with Crippen molar-refractivity contribution in [3.05, 3.63) is 39.4 Å². The van der Waals surface area contributed by atoms with Crippen LogP contribution in [0, 0.1) is 28.9 Å². The second-order valence-electron chi connectivity index (χ2n) is 5.57. The molecule has 6 heteroatoms. The second-order valence-corrected chi connectivity index (χ2v) is 6.22. The van der Waals surface area contributed by atoms with Gasteiger partial charge in [0, 0.05) is 29.6 Å². The summed E-state index contributed by atoms with van der Waals surface area (Å²) in [5.74, 6) is 0.875. The number of halogens is 1. The van der Waals surface area contributed by atoms with Gasteiger partial charge in [-0.2, -0.15) is 0 Å². The molecule has 1 aliphatic rings. The first kappa shape index (κ1) is 15.9. The number of rotatable bonds is 5. The highest BCUT2D eigenvalue weighted by atomic mass is 79.9. The minimum atomic E-state index is -0.478. The zero-order valence-corrected chi connectivity index (χ0v) is 13.6. The first-order valence-corrected chi connectivity index (χ1v) is 8.24. The van der Waals surface area contributed by atoms with E-state index in [9.17, 15) is 14.9 Å². The molecule has 0 saturated heterocycles. The van der Waals surface area contributed by atoms with Crippen LogP contribution in [-0.2, 0) is 0 Å². The lowest BCUT2D eigenvalue weighted by Crippen LogP contribution is -2.31. The number of aryl methyl sites for hydroxylation is 1. The summed E-state index contributed by atoms with van der Waals surface area (Å²) in [7, 11) is 0. The number of carbonyl (C=O) groups is 1. The van der Waals surface area contributed by atoms with Crippen LogP contribution in [0.25, 0.3) is 0 Å². The number of carbonyl (C=O) groups excluding carboxylic acids is 1. The molecule has 0 spiro atoms. The molecule has 0 heterocycles. The Bertz CT molecular complexity index is 548. The van der Waals surface area contributed by atoms with Gasteiger partial charge in [-0.05, 0) is 37.2 Å². The second kappa shape index (κ2) is 7.02. The fourth-order valence-electron chi connectivity index (χ4n) is 2.87. The summed E-state index contributed by atoms with van der Waals surface area (Å²) in [5, 5.41) is 14.7. The van der Waals surface area contributed by atoms with Crippen molar-refractivity contribution in [3.63, 3.8) is 0 Å². The molecule has 0 radical (unpaired) electrons. The minimum absolute atomic E-state index is 0.0510. The third-order valence-corrected chi connectivity index (χ3v) is 5.05. The van der Waals surface area contributed by atoms with Crippen LogP contribution >= 0.6 is 15.9 Å². The van der Waals surface area contributed by atoms with Gasteiger partial charge >= 0.3 is 0 Å². The zero-order chi connectivity index (χ0) is 15.4. The summed E-state index contributed by atoms with van der Waals surface area (Å²) < 4.78 is 0. The molecule has 1 amide bonds. The highest BCUT2D eigenvalue weighted by molar-refractivity contribution is 9.09. The van der Waals surface area contributed by atoms with Gasteiger partial charge in [0.1, 0.15) is 0 Å². The van der Waals surface area contributed by atoms with Crippen LogP contribution in [0.4, 0.5) is 5.69 Å². The van der Waals surface area contributed by atoms with Crippen molar-refractivity contribution >= 4 is 27.5 Å². The predicted octanol–water partition coefficient (Wildman–Crippen LogP) is 3.44. The number of nitrogens with zero attached hydrogens (tertiary/aromatic N) is 1. The van der Waals surface area contributed by atoms with E-state index in [4.69, 9.17) is 0 Å². The Labute approximate surface area is 132 Å². The maximum absolute atomic E-state index is 12.2. The predicted molar refractivity (Wildman–Crippen MR) is 84.8 cm³/mol. The molecule has 1 aromatic rings. The fraction of sp³-hybridized carbons (Fsp3) is 0.533. The molecule has 1 aromatic carbocycles. The first-order valence-electron chi connectivity index (χ1n) is 7.12. The van der Waals surface area contributed by atoms with E-state index >= 15 is 0 Å². The molecule has 1 N–H and O–H groups in total. The van der Waals surface area contributed by atoms with E-state index < -0.39 is 4.92 Å².